The van der Waals surface area contributed by atoms with Crippen LogP contribution in [-0.4, -0.2) is 55.3 Å². The summed E-state index contributed by atoms with van der Waals surface area (Å²) in [6.45, 7) is 4.42. The zero-order valence-electron chi connectivity index (χ0n) is 13.6. The second kappa shape index (κ2) is 5.58. The lowest BCUT2D eigenvalue weighted by Crippen LogP contribution is -2.52. The molecular weight excluding hydrogens is 312 g/mol. The van der Waals surface area contributed by atoms with Crippen LogP contribution in [0.4, 0.5) is 4.79 Å². The van der Waals surface area contributed by atoms with Crippen LogP contribution in [0.25, 0.3) is 0 Å². The number of benzene rings is 1. The van der Waals surface area contributed by atoms with E-state index in [0.717, 1.165) is 18.4 Å². The Labute approximate surface area is 139 Å². The molecule has 1 aromatic carbocycles. The molecule has 1 N–H and O–H groups in total. The molecule has 128 valence electrons. The fourth-order valence-corrected chi connectivity index (χ4v) is 3.59. The molecule has 1 spiro atoms. The normalized spacial score (nSPS) is 25.4. The van der Waals surface area contributed by atoms with Crippen molar-refractivity contribution in [2.45, 2.75) is 25.4 Å². The third-order valence-electron chi connectivity index (χ3n) is 4.81. The number of nitrogens with zero attached hydrogens (tertiary/aromatic N) is 1. The molecule has 1 aromatic rings. The number of aryl methyl sites for hydroxylation is 1. The summed E-state index contributed by atoms with van der Waals surface area (Å²) in [4.78, 5) is 26.2. The third-order valence-corrected chi connectivity index (χ3v) is 4.81. The highest BCUT2D eigenvalue weighted by molar-refractivity contribution is 5.96. The highest BCUT2D eigenvalue weighted by Gasteiger charge is 2.45. The van der Waals surface area contributed by atoms with E-state index in [9.17, 15) is 9.59 Å². The molecule has 2 amide bonds. The number of rotatable bonds is 1. The highest BCUT2D eigenvalue weighted by Crippen LogP contribution is 2.35. The third kappa shape index (κ3) is 2.53. The molecule has 7 nitrogen and oxygen atoms in total. The molecule has 4 rings (SSSR count). The average Bonchev–Trinajstić information content (AvgIpc) is 2.93. The van der Waals surface area contributed by atoms with Crippen LogP contribution in [0.1, 0.15) is 28.8 Å². The number of hydrogen-bond donors (Lipinski definition) is 1. The first-order valence-electron chi connectivity index (χ1n) is 8.23. The minimum atomic E-state index is -0.591. The van der Waals surface area contributed by atoms with Crippen LogP contribution in [-0.2, 0) is 4.74 Å². The summed E-state index contributed by atoms with van der Waals surface area (Å²) in [5, 5.41) is 2.70. The number of carbonyl (C=O) groups is 2. The molecule has 3 heterocycles. The maximum atomic E-state index is 13.0. The standard InChI is InChI=1S/C17H20N2O5/c1-11-7-13-14(23-6-5-22-13)8-12(11)15(20)19-4-2-3-17(10-19)9-18-16(21)24-17/h7-8H,2-6,9-10H2,1H3,(H,18,21)/t17-/m0/s1. The Morgan fingerprint density at radius 1 is 1.25 bits per heavy atom. The van der Waals surface area contributed by atoms with Crippen molar-refractivity contribution in [2.75, 3.05) is 32.8 Å². The van der Waals surface area contributed by atoms with Crippen LogP contribution < -0.4 is 14.8 Å². The van der Waals surface area contributed by atoms with Gasteiger partial charge < -0.3 is 24.4 Å². The maximum absolute atomic E-state index is 13.0. The summed E-state index contributed by atoms with van der Waals surface area (Å²) in [7, 11) is 0. The molecule has 0 bridgehead atoms. The second-order valence-electron chi connectivity index (χ2n) is 6.57. The minimum absolute atomic E-state index is 0.0634. The largest absolute Gasteiger partial charge is 0.486 e. The van der Waals surface area contributed by atoms with E-state index in [0.29, 0.717) is 49.9 Å². The summed E-state index contributed by atoms with van der Waals surface area (Å²) in [6.07, 6.45) is 1.18. The van der Waals surface area contributed by atoms with Gasteiger partial charge in [0.05, 0.1) is 13.1 Å². The molecule has 2 fully saturated rings. The van der Waals surface area contributed by atoms with Crippen molar-refractivity contribution in [2.24, 2.45) is 0 Å². The molecule has 3 aliphatic rings. The van der Waals surface area contributed by atoms with Gasteiger partial charge in [-0.15, -0.1) is 0 Å². The predicted molar refractivity (Wildman–Crippen MR) is 84.5 cm³/mol. The Kier molecular flexibility index (Phi) is 3.51. The summed E-state index contributed by atoms with van der Waals surface area (Å²) >= 11 is 0. The van der Waals surface area contributed by atoms with Gasteiger partial charge in [-0.1, -0.05) is 0 Å². The molecule has 2 saturated heterocycles. The highest BCUT2D eigenvalue weighted by atomic mass is 16.6. The zero-order chi connectivity index (χ0) is 16.7. The Morgan fingerprint density at radius 2 is 2.00 bits per heavy atom. The Morgan fingerprint density at radius 3 is 2.71 bits per heavy atom. The SMILES string of the molecule is Cc1cc2c(cc1C(=O)N1CCC[C@]3(CNC(=O)O3)C1)OCCO2. The van der Waals surface area contributed by atoms with Crippen LogP contribution in [0, 0.1) is 6.92 Å². The van der Waals surface area contributed by atoms with Crippen molar-refractivity contribution in [1.82, 2.24) is 10.2 Å². The molecule has 0 aromatic heterocycles. The topological polar surface area (TPSA) is 77.1 Å². The fraction of sp³-hybridized carbons (Fsp3) is 0.529. The van der Waals surface area contributed by atoms with E-state index in [1.54, 1.807) is 11.0 Å². The van der Waals surface area contributed by atoms with Gasteiger partial charge in [0.2, 0.25) is 0 Å². The summed E-state index contributed by atoms with van der Waals surface area (Å²) in [5.41, 5.74) is 0.867. The molecular formula is C17H20N2O5. The first kappa shape index (κ1) is 15.1. The Hall–Kier alpha value is -2.44. The minimum Gasteiger partial charge on any atom is -0.486 e. The van der Waals surface area contributed by atoms with Gasteiger partial charge in [-0.3, -0.25) is 4.79 Å². The maximum Gasteiger partial charge on any atom is 0.407 e. The van der Waals surface area contributed by atoms with Crippen molar-refractivity contribution >= 4 is 12.0 Å². The molecule has 24 heavy (non-hydrogen) atoms. The lowest BCUT2D eigenvalue weighted by molar-refractivity contribution is -0.00508. The van der Waals surface area contributed by atoms with Crippen molar-refractivity contribution in [3.8, 4) is 11.5 Å². The second-order valence-corrected chi connectivity index (χ2v) is 6.57. The summed E-state index contributed by atoms with van der Waals surface area (Å²) in [6, 6.07) is 3.60. The van der Waals surface area contributed by atoms with E-state index in [-0.39, 0.29) is 5.91 Å². The van der Waals surface area contributed by atoms with Crippen molar-refractivity contribution in [3.63, 3.8) is 0 Å². The summed E-state index contributed by atoms with van der Waals surface area (Å²) < 4.78 is 16.6. The lowest BCUT2D eigenvalue weighted by atomic mass is 9.92. The number of ether oxygens (including phenoxy) is 3. The van der Waals surface area contributed by atoms with Crippen LogP contribution in [0.15, 0.2) is 12.1 Å². The number of likely N-dealkylation sites (tertiary alicyclic amines) is 1. The Balaban J connectivity index is 1.58. The van der Waals surface area contributed by atoms with Gasteiger partial charge in [0.25, 0.3) is 5.91 Å². The smallest absolute Gasteiger partial charge is 0.407 e. The van der Waals surface area contributed by atoms with E-state index in [1.807, 2.05) is 13.0 Å². The number of nitrogens with one attached hydrogen (secondary N) is 1. The number of carbonyl (C=O) groups excluding carboxylic acids is 2. The van der Waals surface area contributed by atoms with Gasteiger partial charge >= 0.3 is 6.09 Å². The first-order valence-corrected chi connectivity index (χ1v) is 8.23. The van der Waals surface area contributed by atoms with Crippen molar-refractivity contribution in [3.05, 3.63) is 23.3 Å². The van der Waals surface area contributed by atoms with E-state index in [1.165, 1.54) is 0 Å². The van der Waals surface area contributed by atoms with Gasteiger partial charge in [0.15, 0.2) is 11.5 Å². The van der Waals surface area contributed by atoms with Crippen LogP contribution >= 0.6 is 0 Å². The van der Waals surface area contributed by atoms with Gasteiger partial charge in [-0.05, 0) is 37.5 Å². The molecule has 0 radical (unpaired) electrons. The number of hydrogen-bond acceptors (Lipinski definition) is 5. The van der Waals surface area contributed by atoms with Crippen LogP contribution in [0.5, 0.6) is 11.5 Å². The van der Waals surface area contributed by atoms with Gasteiger partial charge in [-0.2, -0.15) is 0 Å². The quantitative estimate of drug-likeness (QED) is 0.843. The summed E-state index contributed by atoms with van der Waals surface area (Å²) in [5.74, 6) is 1.22. The fourth-order valence-electron chi connectivity index (χ4n) is 3.59. The van der Waals surface area contributed by atoms with Gasteiger partial charge in [0.1, 0.15) is 18.8 Å². The molecule has 0 aliphatic carbocycles. The van der Waals surface area contributed by atoms with Gasteiger partial charge in [-0.25, -0.2) is 4.79 Å². The molecule has 3 aliphatic heterocycles. The number of amides is 2. The monoisotopic (exact) mass is 332 g/mol. The number of piperidine rings is 1. The number of fused-ring (bicyclic) bond motifs is 1. The Bertz CT molecular complexity index is 704. The lowest BCUT2D eigenvalue weighted by Gasteiger charge is -2.38. The van der Waals surface area contributed by atoms with Crippen LogP contribution in [0.2, 0.25) is 0 Å². The van der Waals surface area contributed by atoms with E-state index in [2.05, 4.69) is 5.32 Å². The average molecular weight is 332 g/mol. The van der Waals surface area contributed by atoms with Crippen LogP contribution in [0.3, 0.4) is 0 Å². The molecule has 1 atom stereocenters. The van der Waals surface area contributed by atoms with E-state index in [4.69, 9.17) is 14.2 Å². The molecule has 0 saturated carbocycles. The number of alkyl carbamates (subject to hydrolysis) is 1. The van der Waals surface area contributed by atoms with Crippen molar-refractivity contribution < 1.29 is 23.8 Å². The molecule has 7 heteroatoms. The van der Waals surface area contributed by atoms with E-state index < -0.39 is 11.7 Å². The predicted octanol–water partition coefficient (Wildman–Crippen LogP) is 1.48. The van der Waals surface area contributed by atoms with Crippen molar-refractivity contribution in [1.29, 1.82) is 0 Å². The van der Waals surface area contributed by atoms with E-state index >= 15 is 0 Å². The first-order chi connectivity index (χ1) is 11.6. The zero-order valence-corrected chi connectivity index (χ0v) is 13.6. The van der Waals surface area contributed by atoms with Gasteiger partial charge in [0, 0.05) is 12.1 Å². The molecule has 0 unspecified atom stereocenters.